The van der Waals surface area contributed by atoms with Crippen LogP contribution in [0.2, 0.25) is 0 Å². The van der Waals surface area contributed by atoms with Crippen LogP contribution in [0.25, 0.3) is 22.0 Å². The number of morpholine rings is 1. The van der Waals surface area contributed by atoms with Gasteiger partial charge in [0.25, 0.3) is 0 Å². The molecule has 0 spiro atoms. The zero-order chi connectivity index (χ0) is 21.9. The van der Waals surface area contributed by atoms with Crippen molar-refractivity contribution in [3.8, 4) is 11.1 Å². The average molecular weight is 429 g/mol. The molecule has 0 aliphatic carbocycles. The van der Waals surface area contributed by atoms with Gasteiger partial charge in [-0.05, 0) is 35.7 Å². The van der Waals surface area contributed by atoms with E-state index < -0.39 is 0 Å². The van der Waals surface area contributed by atoms with Gasteiger partial charge in [0.15, 0.2) is 0 Å². The Hall–Kier alpha value is -3.45. The van der Waals surface area contributed by atoms with Crippen LogP contribution in [0.1, 0.15) is 13.8 Å². The van der Waals surface area contributed by atoms with Crippen molar-refractivity contribution in [2.45, 2.75) is 20.4 Å². The Labute approximate surface area is 188 Å². The molecule has 1 fully saturated rings. The second-order valence-corrected chi connectivity index (χ2v) is 8.59. The molecule has 4 aromatic rings. The lowest BCUT2D eigenvalue weighted by Gasteiger charge is -2.29. The summed E-state index contributed by atoms with van der Waals surface area (Å²) in [6.45, 7) is 8.65. The summed E-state index contributed by atoms with van der Waals surface area (Å²) in [7, 11) is 0. The highest BCUT2D eigenvalue weighted by atomic mass is 16.5. The monoisotopic (exact) mass is 428 g/mol. The maximum Gasteiger partial charge on any atom is 0.227 e. The first-order valence-electron chi connectivity index (χ1n) is 11.1. The van der Waals surface area contributed by atoms with Crippen LogP contribution < -0.4 is 10.2 Å². The normalized spacial score (nSPS) is 14.3. The second-order valence-electron chi connectivity index (χ2n) is 8.59. The molecule has 0 unspecified atom stereocenters. The standard InChI is InChI=1S/C25H28N6O/c1-18(2)16-31-17-21(15-27-31)19-6-7-20-14-26-25(29-24(20)12-19)28-22-4-3-5-23(13-22)30-8-10-32-11-9-30/h3-7,12-15,17-18H,8-11,16H2,1-2H3,(H,26,28,29). The van der Waals surface area contributed by atoms with Gasteiger partial charge in [-0.15, -0.1) is 0 Å². The number of fused-ring (bicyclic) bond motifs is 1. The van der Waals surface area contributed by atoms with Crippen LogP contribution in [-0.4, -0.2) is 46.1 Å². The zero-order valence-corrected chi connectivity index (χ0v) is 18.5. The van der Waals surface area contributed by atoms with Gasteiger partial charge in [0.05, 0.1) is 24.9 Å². The molecule has 164 valence electrons. The summed E-state index contributed by atoms with van der Waals surface area (Å²) in [5.74, 6) is 1.15. The quantitative estimate of drug-likeness (QED) is 0.479. The van der Waals surface area contributed by atoms with E-state index in [1.165, 1.54) is 5.69 Å². The largest absolute Gasteiger partial charge is 0.378 e. The van der Waals surface area contributed by atoms with Crippen molar-refractivity contribution in [2.75, 3.05) is 36.5 Å². The fourth-order valence-corrected chi connectivity index (χ4v) is 3.98. The Balaban J connectivity index is 1.38. The number of rotatable bonds is 6. The van der Waals surface area contributed by atoms with Gasteiger partial charge in [0, 0.05) is 54.4 Å². The van der Waals surface area contributed by atoms with Gasteiger partial charge >= 0.3 is 0 Å². The smallest absolute Gasteiger partial charge is 0.227 e. The van der Waals surface area contributed by atoms with Crippen molar-refractivity contribution in [1.82, 2.24) is 19.7 Å². The van der Waals surface area contributed by atoms with Crippen LogP contribution in [0.4, 0.5) is 17.3 Å². The molecule has 7 heteroatoms. The highest BCUT2D eigenvalue weighted by molar-refractivity contribution is 5.84. The molecule has 5 rings (SSSR count). The fourth-order valence-electron chi connectivity index (χ4n) is 3.98. The molecular formula is C25H28N6O. The molecule has 1 saturated heterocycles. The minimum atomic E-state index is 0.558. The first kappa shape index (κ1) is 20.5. The lowest BCUT2D eigenvalue weighted by atomic mass is 10.1. The molecule has 0 amide bonds. The number of benzene rings is 2. The van der Waals surface area contributed by atoms with Crippen LogP contribution in [0, 0.1) is 5.92 Å². The number of hydrogen-bond donors (Lipinski definition) is 1. The molecule has 1 N–H and O–H groups in total. The van der Waals surface area contributed by atoms with E-state index in [4.69, 9.17) is 9.72 Å². The number of anilines is 3. The minimum Gasteiger partial charge on any atom is -0.378 e. The lowest BCUT2D eigenvalue weighted by molar-refractivity contribution is 0.122. The molecule has 32 heavy (non-hydrogen) atoms. The van der Waals surface area contributed by atoms with Gasteiger partial charge in [0.1, 0.15) is 0 Å². The van der Waals surface area contributed by atoms with Crippen molar-refractivity contribution in [1.29, 1.82) is 0 Å². The molecule has 0 saturated carbocycles. The molecule has 7 nitrogen and oxygen atoms in total. The summed E-state index contributed by atoms with van der Waals surface area (Å²) in [5.41, 5.74) is 5.26. The summed E-state index contributed by atoms with van der Waals surface area (Å²) >= 11 is 0. The summed E-state index contributed by atoms with van der Waals surface area (Å²) in [6.07, 6.45) is 5.88. The third-order valence-corrected chi connectivity index (χ3v) is 5.58. The molecular weight excluding hydrogens is 400 g/mol. The molecule has 1 aliphatic heterocycles. The maximum atomic E-state index is 5.47. The topological polar surface area (TPSA) is 68.1 Å². The van der Waals surface area contributed by atoms with E-state index in [0.717, 1.165) is 60.6 Å². The summed E-state index contributed by atoms with van der Waals surface area (Å²) < 4.78 is 7.46. The predicted octanol–water partition coefficient (Wildman–Crippen LogP) is 4.73. The molecule has 2 aromatic heterocycles. The van der Waals surface area contributed by atoms with Gasteiger partial charge < -0.3 is 15.0 Å². The highest BCUT2D eigenvalue weighted by Gasteiger charge is 2.12. The first-order valence-corrected chi connectivity index (χ1v) is 11.1. The molecule has 2 aromatic carbocycles. The van der Waals surface area contributed by atoms with Gasteiger partial charge in [0.2, 0.25) is 5.95 Å². The summed E-state index contributed by atoms with van der Waals surface area (Å²) in [4.78, 5) is 11.6. The first-order chi connectivity index (χ1) is 15.6. The van der Waals surface area contributed by atoms with Crippen molar-refractivity contribution < 1.29 is 4.74 Å². The van der Waals surface area contributed by atoms with Crippen molar-refractivity contribution in [3.63, 3.8) is 0 Å². The summed E-state index contributed by atoms with van der Waals surface area (Å²) in [6, 6.07) is 14.6. The van der Waals surface area contributed by atoms with E-state index >= 15 is 0 Å². The number of nitrogens with one attached hydrogen (secondary N) is 1. The number of aromatic nitrogens is 4. The minimum absolute atomic E-state index is 0.558. The third kappa shape index (κ3) is 4.57. The number of ether oxygens (including phenoxy) is 1. The fraction of sp³-hybridized carbons (Fsp3) is 0.320. The molecule has 1 aliphatic rings. The Morgan fingerprint density at radius 1 is 1.03 bits per heavy atom. The van der Waals surface area contributed by atoms with E-state index in [0.29, 0.717) is 11.9 Å². The van der Waals surface area contributed by atoms with Gasteiger partial charge in [-0.25, -0.2) is 9.97 Å². The molecule has 3 heterocycles. The third-order valence-electron chi connectivity index (χ3n) is 5.58. The Morgan fingerprint density at radius 3 is 2.75 bits per heavy atom. The van der Waals surface area contributed by atoms with E-state index in [2.05, 4.69) is 76.7 Å². The van der Waals surface area contributed by atoms with Crippen LogP contribution in [0.3, 0.4) is 0 Å². The van der Waals surface area contributed by atoms with E-state index in [-0.39, 0.29) is 0 Å². The van der Waals surface area contributed by atoms with Crippen LogP contribution in [0.15, 0.2) is 61.1 Å². The van der Waals surface area contributed by atoms with Gasteiger partial charge in [-0.2, -0.15) is 5.10 Å². The van der Waals surface area contributed by atoms with Crippen LogP contribution in [0.5, 0.6) is 0 Å². The van der Waals surface area contributed by atoms with Gasteiger partial charge in [-0.3, -0.25) is 4.68 Å². The van der Waals surface area contributed by atoms with Crippen LogP contribution >= 0.6 is 0 Å². The lowest BCUT2D eigenvalue weighted by Crippen LogP contribution is -2.36. The van der Waals surface area contributed by atoms with Crippen molar-refractivity contribution in [3.05, 3.63) is 61.1 Å². The Kier molecular flexibility index (Phi) is 5.73. The zero-order valence-electron chi connectivity index (χ0n) is 18.5. The SMILES string of the molecule is CC(C)Cn1cc(-c2ccc3cnc(Nc4cccc(N5CCOCC5)c4)nc3c2)cn1. The van der Waals surface area contributed by atoms with E-state index in [9.17, 15) is 0 Å². The predicted molar refractivity (Wildman–Crippen MR) is 128 cm³/mol. The van der Waals surface area contributed by atoms with Gasteiger partial charge in [-0.1, -0.05) is 32.0 Å². The van der Waals surface area contributed by atoms with E-state index in [1.807, 2.05) is 23.1 Å². The Morgan fingerprint density at radius 2 is 1.91 bits per heavy atom. The maximum absolute atomic E-state index is 5.47. The number of hydrogen-bond acceptors (Lipinski definition) is 6. The molecule has 0 radical (unpaired) electrons. The number of nitrogens with zero attached hydrogens (tertiary/aromatic N) is 5. The van der Waals surface area contributed by atoms with Crippen molar-refractivity contribution in [2.24, 2.45) is 5.92 Å². The highest BCUT2D eigenvalue weighted by Crippen LogP contribution is 2.26. The molecule has 0 atom stereocenters. The van der Waals surface area contributed by atoms with Crippen molar-refractivity contribution >= 4 is 28.2 Å². The summed E-state index contributed by atoms with van der Waals surface area (Å²) in [5, 5.41) is 8.87. The average Bonchev–Trinajstić information content (AvgIpc) is 3.27. The van der Waals surface area contributed by atoms with Crippen LogP contribution in [-0.2, 0) is 11.3 Å². The van der Waals surface area contributed by atoms with E-state index in [1.54, 1.807) is 0 Å². The Bertz CT molecular complexity index is 1210. The second kappa shape index (κ2) is 8.96. The molecule has 0 bridgehead atoms.